The lowest BCUT2D eigenvalue weighted by Gasteiger charge is -2.16. The largest absolute Gasteiger partial charge is 0.368 e. The summed E-state index contributed by atoms with van der Waals surface area (Å²) in [6.45, 7) is 2.62. The molecular formula is C11H14BrN5O. The lowest BCUT2D eigenvalue weighted by atomic mass is 10.0. The highest BCUT2D eigenvalue weighted by molar-refractivity contribution is 9.10. The molecule has 0 aliphatic heterocycles. The van der Waals surface area contributed by atoms with Crippen LogP contribution in [-0.2, 0) is 4.79 Å². The van der Waals surface area contributed by atoms with E-state index in [1.165, 1.54) is 0 Å². The van der Waals surface area contributed by atoms with Crippen molar-refractivity contribution in [3.63, 3.8) is 0 Å². The van der Waals surface area contributed by atoms with Gasteiger partial charge in [-0.05, 0) is 29.6 Å². The number of azide groups is 1. The van der Waals surface area contributed by atoms with Gasteiger partial charge < -0.3 is 11.1 Å². The van der Waals surface area contributed by atoms with Gasteiger partial charge in [0.25, 0.3) is 0 Å². The van der Waals surface area contributed by atoms with Crippen molar-refractivity contribution in [3.8, 4) is 0 Å². The molecule has 0 aromatic heterocycles. The molecule has 96 valence electrons. The molecule has 0 saturated carbocycles. The van der Waals surface area contributed by atoms with Gasteiger partial charge in [0, 0.05) is 22.5 Å². The first-order valence-corrected chi connectivity index (χ1v) is 6.15. The number of rotatable bonds is 6. The zero-order valence-corrected chi connectivity index (χ0v) is 11.5. The Labute approximate surface area is 113 Å². The summed E-state index contributed by atoms with van der Waals surface area (Å²) in [4.78, 5) is 14.0. The molecule has 1 rings (SSSR count). The maximum Gasteiger partial charge on any atom is 0.239 e. The summed E-state index contributed by atoms with van der Waals surface area (Å²) in [6.07, 6.45) is 0. The van der Waals surface area contributed by atoms with Crippen LogP contribution in [0.25, 0.3) is 10.4 Å². The quantitative estimate of drug-likeness (QED) is 0.364. The topological polar surface area (TPSA) is 104 Å². The molecule has 0 spiro atoms. The van der Waals surface area contributed by atoms with Gasteiger partial charge in [-0.3, -0.25) is 4.79 Å². The second-order valence-corrected chi connectivity index (χ2v) is 4.61. The SMILES string of the molecule is Cc1ccc(C(NCCN=[N+]=[N-])C(N)=O)cc1Br. The first-order chi connectivity index (χ1) is 8.56. The van der Waals surface area contributed by atoms with Crippen molar-refractivity contribution in [3.05, 3.63) is 44.2 Å². The Morgan fingerprint density at radius 1 is 1.67 bits per heavy atom. The van der Waals surface area contributed by atoms with Crippen LogP contribution in [0, 0.1) is 6.92 Å². The molecule has 0 aliphatic rings. The van der Waals surface area contributed by atoms with E-state index in [0.29, 0.717) is 6.54 Å². The maximum atomic E-state index is 11.4. The number of nitrogens with zero attached hydrogens (tertiary/aromatic N) is 3. The third kappa shape index (κ3) is 4.03. The van der Waals surface area contributed by atoms with Crippen LogP contribution in [0.3, 0.4) is 0 Å². The zero-order chi connectivity index (χ0) is 13.5. The van der Waals surface area contributed by atoms with Crippen LogP contribution < -0.4 is 11.1 Å². The Kier molecular flexibility index (Phi) is 5.64. The van der Waals surface area contributed by atoms with Gasteiger partial charge in [-0.25, -0.2) is 0 Å². The first-order valence-electron chi connectivity index (χ1n) is 5.36. The smallest absolute Gasteiger partial charge is 0.239 e. The van der Waals surface area contributed by atoms with E-state index in [2.05, 4.69) is 31.3 Å². The molecule has 18 heavy (non-hydrogen) atoms. The van der Waals surface area contributed by atoms with Gasteiger partial charge in [0.1, 0.15) is 6.04 Å². The second-order valence-electron chi connectivity index (χ2n) is 3.75. The molecule has 6 nitrogen and oxygen atoms in total. The van der Waals surface area contributed by atoms with E-state index < -0.39 is 11.9 Å². The van der Waals surface area contributed by atoms with E-state index in [-0.39, 0.29) is 6.54 Å². The summed E-state index contributed by atoms with van der Waals surface area (Å²) in [5.41, 5.74) is 15.4. The van der Waals surface area contributed by atoms with Crippen molar-refractivity contribution in [2.45, 2.75) is 13.0 Å². The number of aryl methyl sites for hydroxylation is 1. The van der Waals surface area contributed by atoms with Gasteiger partial charge in [0.05, 0.1) is 0 Å². The Morgan fingerprint density at radius 2 is 2.39 bits per heavy atom. The number of carbonyl (C=O) groups excluding carboxylic acids is 1. The van der Waals surface area contributed by atoms with Crippen LogP contribution in [0.15, 0.2) is 27.8 Å². The standard InChI is InChI=1S/C11H14BrN5O/c1-7-2-3-8(6-9(7)12)10(11(13)18)15-4-5-16-17-14/h2-3,6,10,15H,4-5H2,1H3,(H2,13,18). The molecule has 0 aliphatic carbocycles. The second kappa shape index (κ2) is 7.00. The fourth-order valence-electron chi connectivity index (χ4n) is 1.47. The molecule has 0 saturated heterocycles. The summed E-state index contributed by atoms with van der Waals surface area (Å²) in [6, 6.07) is 5.02. The van der Waals surface area contributed by atoms with Crippen LogP contribution >= 0.6 is 15.9 Å². The van der Waals surface area contributed by atoms with Crippen molar-refractivity contribution in [2.24, 2.45) is 10.8 Å². The number of halogens is 1. The Morgan fingerprint density at radius 3 is 2.94 bits per heavy atom. The van der Waals surface area contributed by atoms with Crippen LogP contribution in [0.2, 0.25) is 0 Å². The highest BCUT2D eigenvalue weighted by Crippen LogP contribution is 2.21. The van der Waals surface area contributed by atoms with Crippen molar-refractivity contribution in [1.29, 1.82) is 0 Å². The number of hydrogen-bond acceptors (Lipinski definition) is 3. The Balaban J connectivity index is 2.80. The van der Waals surface area contributed by atoms with E-state index in [9.17, 15) is 4.79 Å². The number of amides is 1. The third-order valence-electron chi connectivity index (χ3n) is 2.44. The Hall–Kier alpha value is -1.56. The Bertz CT molecular complexity index is 484. The van der Waals surface area contributed by atoms with E-state index in [1.807, 2.05) is 25.1 Å². The molecule has 0 radical (unpaired) electrons. The minimum atomic E-state index is -0.587. The third-order valence-corrected chi connectivity index (χ3v) is 3.29. The molecule has 3 N–H and O–H groups in total. The number of hydrogen-bond donors (Lipinski definition) is 2. The van der Waals surface area contributed by atoms with Gasteiger partial charge >= 0.3 is 0 Å². The average Bonchev–Trinajstić information content (AvgIpc) is 2.32. The van der Waals surface area contributed by atoms with Gasteiger partial charge in [-0.2, -0.15) is 0 Å². The lowest BCUT2D eigenvalue weighted by Crippen LogP contribution is -2.35. The minimum absolute atomic E-state index is 0.271. The van der Waals surface area contributed by atoms with Crippen LogP contribution in [0.5, 0.6) is 0 Å². The minimum Gasteiger partial charge on any atom is -0.368 e. The van der Waals surface area contributed by atoms with Gasteiger partial charge in [0.15, 0.2) is 0 Å². The predicted octanol–water partition coefficient (Wildman–Crippen LogP) is 2.18. The average molecular weight is 312 g/mol. The van der Waals surface area contributed by atoms with E-state index >= 15 is 0 Å². The van der Waals surface area contributed by atoms with E-state index in [1.54, 1.807) is 0 Å². The number of nitrogens with two attached hydrogens (primary N) is 1. The number of primary amides is 1. The number of carbonyl (C=O) groups is 1. The molecule has 1 amide bonds. The van der Waals surface area contributed by atoms with Gasteiger partial charge in [0.2, 0.25) is 5.91 Å². The highest BCUT2D eigenvalue weighted by Gasteiger charge is 2.17. The molecule has 0 bridgehead atoms. The van der Waals surface area contributed by atoms with Gasteiger partial charge in [-0.15, -0.1) is 0 Å². The van der Waals surface area contributed by atoms with Crippen molar-refractivity contribution >= 4 is 21.8 Å². The molecule has 7 heteroatoms. The lowest BCUT2D eigenvalue weighted by molar-refractivity contribution is -0.120. The molecule has 1 aromatic rings. The van der Waals surface area contributed by atoms with Crippen molar-refractivity contribution < 1.29 is 4.79 Å². The van der Waals surface area contributed by atoms with Crippen LogP contribution in [0.1, 0.15) is 17.2 Å². The number of nitrogens with one attached hydrogen (secondary N) is 1. The summed E-state index contributed by atoms with van der Waals surface area (Å²) in [7, 11) is 0. The zero-order valence-electron chi connectivity index (χ0n) is 9.93. The molecule has 0 heterocycles. The summed E-state index contributed by atoms with van der Waals surface area (Å²) < 4.78 is 0.920. The fourth-order valence-corrected chi connectivity index (χ4v) is 1.87. The van der Waals surface area contributed by atoms with Crippen molar-refractivity contribution in [2.75, 3.05) is 13.1 Å². The van der Waals surface area contributed by atoms with Crippen LogP contribution in [0.4, 0.5) is 0 Å². The summed E-state index contributed by atoms with van der Waals surface area (Å²) in [5, 5.41) is 6.34. The molecule has 0 fully saturated rings. The normalized spacial score (nSPS) is 11.7. The van der Waals surface area contributed by atoms with E-state index in [4.69, 9.17) is 11.3 Å². The van der Waals surface area contributed by atoms with E-state index in [0.717, 1.165) is 15.6 Å². The summed E-state index contributed by atoms with van der Waals surface area (Å²) >= 11 is 3.41. The van der Waals surface area contributed by atoms with Crippen LogP contribution in [-0.4, -0.2) is 19.0 Å². The maximum absolute atomic E-state index is 11.4. The molecule has 1 unspecified atom stereocenters. The fraction of sp³-hybridized carbons (Fsp3) is 0.364. The van der Waals surface area contributed by atoms with Gasteiger partial charge in [-0.1, -0.05) is 33.2 Å². The highest BCUT2D eigenvalue weighted by atomic mass is 79.9. The molecular weight excluding hydrogens is 298 g/mol. The van der Waals surface area contributed by atoms with Crippen molar-refractivity contribution in [1.82, 2.24) is 5.32 Å². The monoisotopic (exact) mass is 311 g/mol. The first kappa shape index (κ1) is 14.5. The molecule has 1 aromatic carbocycles. The number of benzene rings is 1. The molecule has 1 atom stereocenters. The summed E-state index contributed by atoms with van der Waals surface area (Å²) in [5.74, 6) is -0.466. The predicted molar refractivity (Wildman–Crippen MR) is 72.8 cm³/mol.